The highest BCUT2D eigenvalue weighted by molar-refractivity contribution is 5.94. The molecule has 0 fully saturated rings. The van der Waals surface area contributed by atoms with Crippen molar-refractivity contribution in [1.82, 2.24) is 5.32 Å². The molecule has 0 heterocycles. The van der Waals surface area contributed by atoms with E-state index in [-0.39, 0.29) is 12.1 Å². The van der Waals surface area contributed by atoms with Crippen molar-refractivity contribution >= 4 is 17.3 Å². The summed E-state index contributed by atoms with van der Waals surface area (Å²) in [4.78, 5) is 12.2. The number of halogens is 2. The molecule has 6 nitrogen and oxygen atoms in total. The van der Waals surface area contributed by atoms with Crippen molar-refractivity contribution in [3.63, 3.8) is 0 Å². The molecule has 0 saturated heterocycles. The molecule has 2 aromatic carbocycles. The molecule has 2 rings (SSSR count). The van der Waals surface area contributed by atoms with E-state index in [4.69, 9.17) is 5.84 Å². The summed E-state index contributed by atoms with van der Waals surface area (Å²) in [6.07, 6.45) is 0. The Kier molecular flexibility index (Phi) is 5.76. The van der Waals surface area contributed by atoms with Crippen molar-refractivity contribution in [1.29, 1.82) is 0 Å². The molecule has 0 spiro atoms. The zero-order valence-electron chi connectivity index (χ0n) is 14.2. The van der Waals surface area contributed by atoms with Crippen molar-refractivity contribution in [3.8, 4) is 5.75 Å². The topological polar surface area (TPSA) is 88.4 Å². The molecule has 0 radical (unpaired) electrons. The fraction of sp³-hybridized carbons (Fsp3) is 0.235. The lowest BCUT2D eigenvalue weighted by Gasteiger charge is -2.17. The Hall–Kier alpha value is -2.87. The fourth-order valence-corrected chi connectivity index (χ4v) is 2.51. The Morgan fingerprint density at radius 2 is 1.88 bits per heavy atom. The number of rotatable bonds is 6. The first kappa shape index (κ1) is 18.5. The third-order valence-electron chi connectivity index (χ3n) is 3.85. The van der Waals surface area contributed by atoms with Crippen molar-refractivity contribution in [2.45, 2.75) is 13.5 Å². The van der Waals surface area contributed by atoms with E-state index in [0.29, 0.717) is 5.69 Å². The summed E-state index contributed by atoms with van der Waals surface area (Å²) in [5, 5.41) is 5.63. The van der Waals surface area contributed by atoms with Gasteiger partial charge in [0.05, 0.1) is 18.5 Å². The van der Waals surface area contributed by atoms with Crippen LogP contribution in [-0.2, 0) is 6.54 Å². The normalized spacial score (nSPS) is 10.3. The number of aryl methyl sites for hydroxylation is 1. The van der Waals surface area contributed by atoms with Gasteiger partial charge in [0.1, 0.15) is 0 Å². The summed E-state index contributed by atoms with van der Waals surface area (Å²) in [6, 6.07) is 5.58. The number of carbonyl (C=O) groups excluding carboxylic acids is 1. The smallest absolute Gasteiger partial charge is 0.251 e. The average molecular weight is 350 g/mol. The van der Waals surface area contributed by atoms with E-state index in [1.54, 1.807) is 7.05 Å². The van der Waals surface area contributed by atoms with Crippen molar-refractivity contribution in [3.05, 3.63) is 52.6 Å². The van der Waals surface area contributed by atoms with Crippen LogP contribution in [-0.4, -0.2) is 20.1 Å². The number of anilines is 2. The number of nitrogens with two attached hydrogens (primary N) is 1. The number of nitrogen functional groups attached to an aromatic ring is 1. The van der Waals surface area contributed by atoms with Crippen molar-refractivity contribution in [2.24, 2.45) is 5.84 Å². The van der Waals surface area contributed by atoms with Gasteiger partial charge in [0, 0.05) is 24.7 Å². The highest BCUT2D eigenvalue weighted by atomic mass is 19.1. The molecule has 0 saturated carbocycles. The van der Waals surface area contributed by atoms with Crippen LogP contribution in [0.4, 0.5) is 20.2 Å². The lowest BCUT2D eigenvalue weighted by molar-refractivity contribution is 0.0950. The second-order valence-corrected chi connectivity index (χ2v) is 5.33. The van der Waals surface area contributed by atoms with E-state index in [1.165, 1.54) is 0 Å². The Balaban J connectivity index is 2.24. The summed E-state index contributed by atoms with van der Waals surface area (Å²) < 4.78 is 32.1. The van der Waals surface area contributed by atoms with Crippen LogP contribution >= 0.6 is 0 Å². The van der Waals surface area contributed by atoms with Crippen LogP contribution < -0.4 is 26.6 Å². The third kappa shape index (κ3) is 3.80. The molecule has 2 aromatic rings. The van der Waals surface area contributed by atoms with Gasteiger partial charge in [-0.3, -0.25) is 10.6 Å². The van der Waals surface area contributed by atoms with E-state index in [9.17, 15) is 13.6 Å². The van der Waals surface area contributed by atoms with E-state index in [1.807, 2.05) is 19.1 Å². The molecule has 1 amide bonds. The number of hydrazine groups is 1. The van der Waals surface area contributed by atoms with Gasteiger partial charge in [0.15, 0.2) is 17.4 Å². The Labute approximate surface area is 144 Å². The Bertz CT molecular complexity index is 773. The predicted molar refractivity (Wildman–Crippen MR) is 92.6 cm³/mol. The van der Waals surface area contributed by atoms with Gasteiger partial charge in [0.25, 0.3) is 5.91 Å². The second kappa shape index (κ2) is 7.80. The maximum atomic E-state index is 13.7. The van der Waals surface area contributed by atoms with Gasteiger partial charge < -0.3 is 20.8 Å². The van der Waals surface area contributed by atoms with Crippen LogP contribution in [0.25, 0.3) is 0 Å². The number of hydrogen-bond acceptors (Lipinski definition) is 5. The van der Waals surface area contributed by atoms with Crippen molar-refractivity contribution in [2.75, 3.05) is 24.9 Å². The second-order valence-electron chi connectivity index (χ2n) is 5.33. The summed E-state index contributed by atoms with van der Waals surface area (Å²) in [5.74, 6) is 2.55. The minimum Gasteiger partial charge on any atom is -0.491 e. The number of hydrogen-bond donors (Lipinski definition) is 4. The lowest BCUT2D eigenvalue weighted by atomic mass is 10.0. The average Bonchev–Trinajstić information content (AvgIpc) is 2.59. The third-order valence-corrected chi connectivity index (χ3v) is 3.85. The monoisotopic (exact) mass is 350 g/mol. The highest BCUT2D eigenvalue weighted by Crippen LogP contribution is 2.28. The lowest BCUT2D eigenvalue weighted by Crippen LogP contribution is -2.25. The van der Waals surface area contributed by atoms with Crippen LogP contribution in [0.3, 0.4) is 0 Å². The number of nitrogens with one attached hydrogen (secondary N) is 3. The molecular weight excluding hydrogens is 330 g/mol. The molecular formula is C17H20F2N4O2. The molecule has 0 bridgehead atoms. The molecule has 25 heavy (non-hydrogen) atoms. The Morgan fingerprint density at radius 1 is 1.24 bits per heavy atom. The van der Waals surface area contributed by atoms with Gasteiger partial charge in [-0.05, 0) is 30.7 Å². The van der Waals surface area contributed by atoms with Crippen LogP contribution in [0.15, 0.2) is 24.3 Å². The summed E-state index contributed by atoms with van der Waals surface area (Å²) in [5.41, 5.74) is 5.52. The molecule has 5 N–H and O–H groups in total. The fourth-order valence-electron chi connectivity index (χ4n) is 2.51. The first-order valence-electron chi connectivity index (χ1n) is 7.51. The molecule has 0 atom stereocenters. The quantitative estimate of drug-likeness (QED) is 0.475. The van der Waals surface area contributed by atoms with E-state index in [2.05, 4.69) is 20.8 Å². The number of methoxy groups -OCH3 is 1. The van der Waals surface area contributed by atoms with Gasteiger partial charge in [-0.1, -0.05) is 6.07 Å². The molecule has 0 aliphatic heterocycles. The first-order valence-corrected chi connectivity index (χ1v) is 7.51. The molecule has 0 unspecified atom stereocenters. The number of ether oxygens (including phenoxy) is 1. The minimum atomic E-state index is -0.940. The largest absolute Gasteiger partial charge is 0.491 e. The predicted octanol–water partition coefficient (Wildman–Crippen LogP) is 2.54. The maximum Gasteiger partial charge on any atom is 0.251 e. The van der Waals surface area contributed by atoms with Crippen molar-refractivity contribution < 1.29 is 18.3 Å². The van der Waals surface area contributed by atoms with Gasteiger partial charge in [-0.2, -0.15) is 0 Å². The molecule has 0 aliphatic carbocycles. The highest BCUT2D eigenvalue weighted by Gasteiger charge is 2.17. The van der Waals surface area contributed by atoms with E-state index in [0.717, 1.165) is 36.1 Å². The van der Waals surface area contributed by atoms with Gasteiger partial charge in [0.2, 0.25) is 0 Å². The standard InChI is InChI=1S/C17H20F2N4O2/c1-9-4-5-14(21-2)15(23-20)11(9)8-22-17(24)10-6-12(18)16(25-3)13(19)7-10/h4-7,21,23H,8,20H2,1-3H3,(H,22,24). The van der Waals surface area contributed by atoms with Gasteiger partial charge >= 0.3 is 0 Å². The van der Waals surface area contributed by atoms with Gasteiger partial charge in [-0.25, -0.2) is 8.78 Å². The van der Waals surface area contributed by atoms with E-state index < -0.39 is 23.3 Å². The Morgan fingerprint density at radius 3 is 2.40 bits per heavy atom. The SMILES string of the molecule is CNc1ccc(C)c(CNC(=O)c2cc(F)c(OC)c(F)c2)c1NN. The molecule has 8 heteroatoms. The summed E-state index contributed by atoms with van der Waals surface area (Å²) >= 11 is 0. The number of benzene rings is 2. The number of amides is 1. The summed E-state index contributed by atoms with van der Waals surface area (Å²) in [7, 11) is 2.90. The van der Waals surface area contributed by atoms with Crippen LogP contribution in [0.2, 0.25) is 0 Å². The van der Waals surface area contributed by atoms with Crippen LogP contribution in [0, 0.1) is 18.6 Å². The first-order chi connectivity index (χ1) is 11.9. The summed E-state index contributed by atoms with van der Waals surface area (Å²) in [6.45, 7) is 2.00. The van der Waals surface area contributed by atoms with E-state index >= 15 is 0 Å². The van der Waals surface area contributed by atoms with Crippen LogP contribution in [0.1, 0.15) is 21.5 Å². The zero-order chi connectivity index (χ0) is 18.6. The number of carbonyl (C=O) groups is 1. The van der Waals surface area contributed by atoms with Gasteiger partial charge in [-0.15, -0.1) is 0 Å². The molecule has 0 aromatic heterocycles. The zero-order valence-corrected chi connectivity index (χ0v) is 14.2. The molecule has 134 valence electrons. The minimum absolute atomic E-state index is 0.134. The molecule has 0 aliphatic rings. The maximum absolute atomic E-state index is 13.7. The van der Waals surface area contributed by atoms with Crippen LogP contribution in [0.5, 0.6) is 5.75 Å².